The number of Topliss-reactive ketones (excluding diaryl/α,β-unsaturated/α-hetero) is 1. The number of non-ortho nitro benzene ring substituents is 1. The predicted molar refractivity (Wildman–Crippen MR) is 83.7 cm³/mol. The topological polar surface area (TPSA) is 74.4 Å². The summed E-state index contributed by atoms with van der Waals surface area (Å²) in [5, 5.41) is 10.7. The predicted octanol–water partition coefficient (Wildman–Crippen LogP) is 3.72. The number of halogens is 2. The van der Waals surface area contributed by atoms with Gasteiger partial charge >= 0.3 is 0 Å². The molecule has 0 saturated heterocycles. The van der Waals surface area contributed by atoms with Gasteiger partial charge in [-0.2, -0.15) is 0 Å². The lowest BCUT2D eigenvalue weighted by atomic mass is 10.3. The summed E-state index contributed by atoms with van der Waals surface area (Å²) in [5.41, 5.74) is 0.457. The number of aromatic nitrogens is 1. The molecule has 0 spiro atoms. The summed E-state index contributed by atoms with van der Waals surface area (Å²) in [7, 11) is 1.77. The van der Waals surface area contributed by atoms with Gasteiger partial charge in [-0.3, -0.25) is 14.9 Å². The van der Waals surface area contributed by atoms with Crippen molar-refractivity contribution < 1.29 is 14.5 Å². The maximum Gasteiger partial charge on any atom is 0.271 e. The van der Waals surface area contributed by atoms with Crippen molar-refractivity contribution in [1.29, 1.82) is 0 Å². The van der Waals surface area contributed by atoms with Crippen molar-refractivity contribution in [2.75, 3.05) is 6.61 Å². The molecule has 0 bridgehead atoms. The van der Waals surface area contributed by atoms with Crippen LogP contribution < -0.4 is 4.74 Å². The summed E-state index contributed by atoms with van der Waals surface area (Å²) in [5.74, 6) is 0.169. The number of nitro groups is 1. The number of benzene rings is 1. The molecule has 8 heteroatoms. The van der Waals surface area contributed by atoms with E-state index >= 15 is 0 Å². The third-order valence-corrected chi connectivity index (χ3v) is 3.95. The van der Waals surface area contributed by atoms with Crippen molar-refractivity contribution in [1.82, 2.24) is 4.57 Å². The Morgan fingerprint density at radius 2 is 2.00 bits per heavy atom. The summed E-state index contributed by atoms with van der Waals surface area (Å²) in [6.07, 6.45) is 1.77. The molecule has 0 aliphatic rings. The van der Waals surface area contributed by atoms with Crippen LogP contribution in [0.2, 0.25) is 0 Å². The van der Waals surface area contributed by atoms with Crippen molar-refractivity contribution in [3.8, 4) is 5.75 Å². The van der Waals surface area contributed by atoms with Crippen LogP contribution in [0, 0.1) is 10.1 Å². The Hall–Kier alpha value is -1.67. The zero-order valence-electron chi connectivity index (χ0n) is 10.9. The Balaban J connectivity index is 2.16. The van der Waals surface area contributed by atoms with Crippen LogP contribution in [0.4, 0.5) is 5.69 Å². The van der Waals surface area contributed by atoms with Crippen LogP contribution in [0.3, 0.4) is 0 Å². The van der Waals surface area contributed by atoms with Gasteiger partial charge < -0.3 is 9.30 Å². The lowest BCUT2D eigenvalue weighted by Gasteiger charge is -2.10. The van der Waals surface area contributed by atoms with Crippen LogP contribution in [0.25, 0.3) is 0 Å². The van der Waals surface area contributed by atoms with E-state index in [1.807, 2.05) is 0 Å². The molecule has 6 nitrogen and oxygen atoms in total. The maximum absolute atomic E-state index is 12.0. The molecule has 0 amide bonds. The van der Waals surface area contributed by atoms with Crippen LogP contribution in [-0.2, 0) is 7.05 Å². The Morgan fingerprint density at radius 3 is 2.48 bits per heavy atom. The normalized spacial score (nSPS) is 10.4. The summed E-state index contributed by atoms with van der Waals surface area (Å²) >= 11 is 6.41. The molecule has 1 aromatic heterocycles. The zero-order chi connectivity index (χ0) is 15.6. The monoisotopic (exact) mass is 416 g/mol. The van der Waals surface area contributed by atoms with E-state index in [2.05, 4.69) is 31.9 Å². The van der Waals surface area contributed by atoms with E-state index in [1.54, 1.807) is 29.9 Å². The number of nitrogens with zero attached hydrogens (tertiary/aromatic N) is 2. The number of ether oxygens (including phenoxy) is 1. The fraction of sp³-hybridized carbons (Fsp3) is 0.154. The van der Waals surface area contributed by atoms with E-state index in [4.69, 9.17) is 4.74 Å². The molecule has 2 aromatic rings. The third kappa shape index (κ3) is 3.51. The van der Waals surface area contributed by atoms with Gasteiger partial charge in [0.2, 0.25) is 5.78 Å². The van der Waals surface area contributed by atoms with E-state index < -0.39 is 4.92 Å². The highest BCUT2D eigenvalue weighted by molar-refractivity contribution is 9.11. The number of nitro benzene ring substituents is 1. The number of ketones is 1. The van der Waals surface area contributed by atoms with Gasteiger partial charge in [0.05, 0.1) is 19.6 Å². The Kier molecular flexibility index (Phi) is 4.79. The molecule has 0 radical (unpaired) electrons. The molecule has 1 aromatic carbocycles. The first-order valence-corrected chi connectivity index (χ1v) is 7.39. The molecule has 1 heterocycles. The molecule has 110 valence electrons. The minimum atomic E-state index is -0.506. The number of carbonyl (C=O) groups is 1. The third-order valence-electron chi connectivity index (χ3n) is 2.77. The van der Waals surface area contributed by atoms with Gasteiger partial charge in [-0.25, -0.2) is 0 Å². The lowest BCUT2D eigenvalue weighted by Crippen LogP contribution is -2.15. The van der Waals surface area contributed by atoms with Crippen LogP contribution in [0.1, 0.15) is 10.5 Å². The average Bonchev–Trinajstić information content (AvgIpc) is 2.83. The number of hydrogen-bond acceptors (Lipinski definition) is 4. The molecule has 0 N–H and O–H groups in total. The van der Waals surface area contributed by atoms with Crippen LogP contribution in [-0.4, -0.2) is 21.9 Å². The molecular formula is C13H10Br2N2O4. The van der Waals surface area contributed by atoms with Crippen molar-refractivity contribution in [3.63, 3.8) is 0 Å². The zero-order valence-corrected chi connectivity index (χ0v) is 14.0. The standard InChI is InChI=1S/C13H10Br2N2O4/c1-16-4-2-3-11(16)12(18)7-21-13-9(14)5-8(17(19)20)6-10(13)15/h2-6H,7H2,1H3. The van der Waals surface area contributed by atoms with E-state index in [9.17, 15) is 14.9 Å². The molecule has 0 saturated carbocycles. The molecule has 0 aliphatic heterocycles. The van der Waals surface area contributed by atoms with Crippen LogP contribution in [0.5, 0.6) is 5.75 Å². The molecule has 2 rings (SSSR count). The van der Waals surface area contributed by atoms with Gasteiger partial charge in [0, 0.05) is 25.4 Å². The quantitative estimate of drug-likeness (QED) is 0.422. The number of aryl methyl sites for hydroxylation is 1. The lowest BCUT2D eigenvalue weighted by molar-refractivity contribution is -0.385. The number of carbonyl (C=O) groups excluding carboxylic acids is 1. The highest BCUT2D eigenvalue weighted by atomic mass is 79.9. The minimum absolute atomic E-state index is 0.0742. The second kappa shape index (κ2) is 6.40. The molecular weight excluding hydrogens is 408 g/mol. The summed E-state index contributed by atoms with van der Waals surface area (Å²) in [6.45, 7) is -0.160. The highest BCUT2D eigenvalue weighted by Gasteiger charge is 2.17. The SMILES string of the molecule is Cn1cccc1C(=O)COc1c(Br)cc([N+](=O)[O-])cc1Br. The van der Waals surface area contributed by atoms with E-state index in [0.29, 0.717) is 20.4 Å². The van der Waals surface area contributed by atoms with Crippen molar-refractivity contribution in [2.24, 2.45) is 7.05 Å². The molecule has 0 unspecified atom stereocenters. The Morgan fingerprint density at radius 1 is 1.38 bits per heavy atom. The molecule has 0 atom stereocenters. The molecule has 0 fully saturated rings. The van der Waals surface area contributed by atoms with E-state index in [-0.39, 0.29) is 18.1 Å². The van der Waals surface area contributed by atoms with E-state index in [0.717, 1.165) is 0 Å². The molecule has 21 heavy (non-hydrogen) atoms. The smallest absolute Gasteiger partial charge is 0.271 e. The van der Waals surface area contributed by atoms with Gasteiger partial charge in [0.1, 0.15) is 5.75 Å². The van der Waals surface area contributed by atoms with Gasteiger partial charge in [-0.1, -0.05) is 0 Å². The minimum Gasteiger partial charge on any atom is -0.483 e. The molecule has 0 aliphatic carbocycles. The van der Waals surface area contributed by atoms with E-state index in [1.165, 1.54) is 12.1 Å². The fourth-order valence-electron chi connectivity index (χ4n) is 1.75. The van der Waals surface area contributed by atoms with Crippen LogP contribution in [0.15, 0.2) is 39.4 Å². The fourth-order valence-corrected chi connectivity index (χ4v) is 3.14. The van der Waals surface area contributed by atoms with Crippen molar-refractivity contribution in [3.05, 3.63) is 55.2 Å². The second-order valence-electron chi connectivity index (χ2n) is 4.21. The van der Waals surface area contributed by atoms with Crippen molar-refractivity contribution >= 4 is 43.3 Å². The summed E-state index contributed by atoms with van der Waals surface area (Å²) in [4.78, 5) is 22.2. The highest BCUT2D eigenvalue weighted by Crippen LogP contribution is 2.37. The largest absolute Gasteiger partial charge is 0.483 e. The Bertz CT molecular complexity index is 689. The van der Waals surface area contributed by atoms with Gasteiger partial charge in [0.25, 0.3) is 5.69 Å². The number of rotatable bonds is 5. The summed E-state index contributed by atoms with van der Waals surface area (Å²) in [6, 6.07) is 6.12. The summed E-state index contributed by atoms with van der Waals surface area (Å²) < 4.78 is 7.98. The van der Waals surface area contributed by atoms with Crippen molar-refractivity contribution in [2.45, 2.75) is 0 Å². The first-order chi connectivity index (χ1) is 9.90. The van der Waals surface area contributed by atoms with Gasteiger partial charge in [-0.05, 0) is 44.0 Å². The average molecular weight is 418 g/mol. The first kappa shape index (κ1) is 15.7. The van der Waals surface area contributed by atoms with Gasteiger partial charge in [-0.15, -0.1) is 0 Å². The number of hydrogen-bond donors (Lipinski definition) is 0. The first-order valence-electron chi connectivity index (χ1n) is 5.81. The van der Waals surface area contributed by atoms with Gasteiger partial charge in [0.15, 0.2) is 6.61 Å². The Labute approximate surface area is 137 Å². The second-order valence-corrected chi connectivity index (χ2v) is 5.92. The van der Waals surface area contributed by atoms with Crippen LogP contribution >= 0.6 is 31.9 Å². The maximum atomic E-state index is 12.0.